The zero-order valence-corrected chi connectivity index (χ0v) is 17.7. The van der Waals surface area contributed by atoms with Gasteiger partial charge in [-0.1, -0.05) is 61.7 Å². The van der Waals surface area contributed by atoms with Crippen molar-refractivity contribution in [1.29, 1.82) is 0 Å². The van der Waals surface area contributed by atoms with Gasteiger partial charge in [0.1, 0.15) is 0 Å². The predicted molar refractivity (Wildman–Crippen MR) is 120 cm³/mol. The van der Waals surface area contributed by atoms with Crippen molar-refractivity contribution >= 4 is 23.1 Å². The molecule has 1 atom stereocenters. The van der Waals surface area contributed by atoms with Crippen molar-refractivity contribution in [3.63, 3.8) is 0 Å². The fourth-order valence-electron chi connectivity index (χ4n) is 4.80. The van der Waals surface area contributed by atoms with E-state index in [4.69, 9.17) is 10.7 Å². The van der Waals surface area contributed by atoms with Crippen LogP contribution >= 0.6 is 0 Å². The van der Waals surface area contributed by atoms with Gasteiger partial charge in [0, 0.05) is 22.8 Å². The summed E-state index contributed by atoms with van der Waals surface area (Å²) in [5.74, 6) is 0.0960. The average molecular weight is 404 g/mol. The number of ketones is 1. The molecule has 1 aliphatic heterocycles. The molecule has 0 bridgehead atoms. The number of hydrogen-bond donors (Lipinski definition) is 1. The number of nitrogens with zero attached hydrogens (tertiary/aromatic N) is 2. The quantitative estimate of drug-likeness (QED) is 0.769. The fourth-order valence-corrected chi connectivity index (χ4v) is 4.80. The Hall–Kier alpha value is -2.79. The van der Waals surface area contributed by atoms with E-state index < -0.39 is 6.17 Å². The predicted octanol–water partition coefficient (Wildman–Crippen LogP) is 4.40. The van der Waals surface area contributed by atoms with Crippen molar-refractivity contribution in [2.24, 2.45) is 16.6 Å². The molecule has 156 valence electrons. The van der Waals surface area contributed by atoms with Gasteiger partial charge in [-0.15, -0.1) is 0 Å². The van der Waals surface area contributed by atoms with Gasteiger partial charge in [0.15, 0.2) is 11.9 Å². The number of hydrogen-bond acceptors (Lipinski definition) is 4. The highest BCUT2D eigenvalue weighted by atomic mass is 16.2. The molecular formula is C25H29N3O2. The van der Waals surface area contributed by atoms with Crippen molar-refractivity contribution < 1.29 is 9.59 Å². The SMILES string of the molecule is CC(=O)c1ccccc1CN1C(=O)C(N)N=C(C2CCCCC2)c2cccc(C)c21. The van der Waals surface area contributed by atoms with Crippen molar-refractivity contribution in [3.8, 4) is 0 Å². The normalized spacial score (nSPS) is 19.8. The van der Waals surface area contributed by atoms with Crippen LogP contribution in [0.25, 0.3) is 0 Å². The lowest BCUT2D eigenvalue weighted by Crippen LogP contribution is -2.42. The highest BCUT2D eigenvalue weighted by Gasteiger charge is 2.34. The van der Waals surface area contributed by atoms with Gasteiger partial charge in [0.2, 0.25) is 0 Å². The number of aryl methyl sites for hydroxylation is 1. The van der Waals surface area contributed by atoms with E-state index in [1.807, 2.05) is 43.3 Å². The van der Waals surface area contributed by atoms with Crippen LogP contribution < -0.4 is 10.6 Å². The first kappa shape index (κ1) is 20.5. The second-order valence-electron chi connectivity index (χ2n) is 8.40. The van der Waals surface area contributed by atoms with Crippen molar-refractivity contribution in [2.45, 2.75) is 58.7 Å². The van der Waals surface area contributed by atoms with E-state index in [1.54, 1.807) is 11.8 Å². The minimum Gasteiger partial charge on any atom is -0.304 e. The van der Waals surface area contributed by atoms with Gasteiger partial charge >= 0.3 is 0 Å². The number of aliphatic imine (C=N–C) groups is 1. The maximum Gasteiger partial charge on any atom is 0.266 e. The molecule has 2 aromatic rings. The minimum absolute atomic E-state index is 0.0127. The molecule has 0 spiro atoms. The van der Waals surface area contributed by atoms with E-state index in [9.17, 15) is 9.59 Å². The first-order valence-electron chi connectivity index (χ1n) is 10.8. The number of amides is 1. The lowest BCUT2D eigenvalue weighted by Gasteiger charge is -2.28. The number of carbonyl (C=O) groups excluding carboxylic acids is 2. The second kappa shape index (κ2) is 8.52. The summed E-state index contributed by atoms with van der Waals surface area (Å²) in [7, 11) is 0. The molecule has 1 amide bonds. The van der Waals surface area contributed by atoms with E-state index >= 15 is 0 Å². The van der Waals surface area contributed by atoms with E-state index in [2.05, 4.69) is 6.07 Å². The number of Topliss-reactive ketones (excluding diaryl/α,β-unsaturated/α-hetero) is 1. The Morgan fingerprint density at radius 1 is 1.10 bits per heavy atom. The highest BCUT2D eigenvalue weighted by molar-refractivity contribution is 6.14. The summed E-state index contributed by atoms with van der Waals surface area (Å²) >= 11 is 0. The third kappa shape index (κ3) is 3.82. The Balaban J connectivity index is 1.82. The summed E-state index contributed by atoms with van der Waals surface area (Å²) in [6.07, 6.45) is 4.86. The maximum absolute atomic E-state index is 13.4. The van der Waals surface area contributed by atoms with Crippen molar-refractivity contribution in [1.82, 2.24) is 0 Å². The van der Waals surface area contributed by atoms with E-state index in [1.165, 1.54) is 19.3 Å². The molecule has 2 aromatic carbocycles. The van der Waals surface area contributed by atoms with Crippen LogP contribution in [-0.4, -0.2) is 23.6 Å². The van der Waals surface area contributed by atoms with Gasteiger partial charge < -0.3 is 10.6 Å². The molecule has 1 heterocycles. The molecule has 1 aliphatic carbocycles. The van der Waals surface area contributed by atoms with Crippen LogP contribution in [0.2, 0.25) is 0 Å². The molecule has 0 aromatic heterocycles. The fraction of sp³-hybridized carbons (Fsp3) is 0.400. The monoisotopic (exact) mass is 403 g/mol. The number of carbonyl (C=O) groups is 2. The molecule has 1 fully saturated rings. The number of benzene rings is 2. The minimum atomic E-state index is -0.932. The summed E-state index contributed by atoms with van der Waals surface area (Å²) in [5.41, 5.74) is 11.6. The van der Waals surface area contributed by atoms with Crippen molar-refractivity contribution in [3.05, 3.63) is 64.7 Å². The highest BCUT2D eigenvalue weighted by Crippen LogP contribution is 2.36. The molecule has 0 saturated heterocycles. The molecule has 1 unspecified atom stereocenters. The smallest absolute Gasteiger partial charge is 0.266 e. The Morgan fingerprint density at radius 2 is 1.83 bits per heavy atom. The topological polar surface area (TPSA) is 75.8 Å². The standard InChI is InChI=1S/C25H29N3O2/c1-16-9-8-14-21-22(18-10-4-3-5-11-18)27-24(26)25(30)28(23(16)21)15-19-12-6-7-13-20(19)17(2)29/h6-9,12-14,18,24H,3-5,10-11,15,26H2,1-2H3. The summed E-state index contributed by atoms with van der Waals surface area (Å²) in [4.78, 5) is 32.0. The Kier molecular flexibility index (Phi) is 5.82. The van der Waals surface area contributed by atoms with Crippen LogP contribution in [0.15, 0.2) is 47.5 Å². The van der Waals surface area contributed by atoms with Crippen LogP contribution in [0.1, 0.15) is 66.1 Å². The Labute approximate surface area is 178 Å². The number of rotatable bonds is 4. The van der Waals surface area contributed by atoms with Crippen LogP contribution in [0.5, 0.6) is 0 Å². The van der Waals surface area contributed by atoms with Crippen LogP contribution in [0, 0.1) is 12.8 Å². The number of fused-ring (bicyclic) bond motifs is 1. The third-order valence-electron chi connectivity index (χ3n) is 6.30. The van der Waals surface area contributed by atoms with Gasteiger partial charge in [-0.2, -0.15) is 0 Å². The van der Waals surface area contributed by atoms with Gasteiger partial charge in [0.25, 0.3) is 5.91 Å². The number of benzodiazepines with no additional fused rings is 1. The number of nitrogens with two attached hydrogens (primary N) is 1. The first-order valence-corrected chi connectivity index (χ1v) is 10.8. The lowest BCUT2D eigenvalue weighted by molar-refractivity contribution is -0.119. The average Bonchev–Trinajstić information content (AvgIpc) is 2.86. The Bertz CT molecular complexity index is 1010. The number of para-hydroxylation sites is 1. The van der Waals surface area contributed by atoms with Crippen LogP contribution in [-0.2, 0) is 11.3 Å². The first-order chi connectivity index (χ1) is 14.5. The van der Waals surface area contributed by atoms with Gasteiger partial charge in [0.05, 0.1) is 12.2 Å². The molecule has 5 heteroatoms. The zero-order chi connectivity index (χ0) is 21.3. The Morgan fingerprint density at radius 3 is 2.57 bits per heavy atom. The maximum atomic E-state index is 13.4. The van der Waals surface area contributed by atoms with Gasteiger partial charge in [-0.25, -0.2) is 0 Å². The van der Waals surface area contributed by atoms with E-state index in [0.717, 1.165) is 40.9 Å². The van der Waals surface area contributed by atoms with E-state index in [-0.39, 0.29) is 11.7 Å². The molecule has 2 aliphatic rings. The van der Waals surface area contributed by atoms with E-state index in [0.29, 0.717) is 18.0 Å². The molecule has 30 heavy (non-hydrogen) atoms. The molecule has 4 rings (SSSR count). The van der Waals surface area contributed by atoms with Crippen LogP contribution in [0.3, 0.4) is 0 Å². The molecule has 5 nitrogen and oxygen atoms in total. The lowest BCUT2D eigenvalue weighted by atomic mass is 9.82. The zero-order valence-electron chi connectivity index (χ0n) is 17.7. The third-order valence-corrected chi connectivity index (χ3v) is 6.30. The molecule has 1 saturated carbocycles. The molecular weight excluding hydrogens is 374 g/mol. The largest absolute Gasteiger partial charge is 0.304 e. The van der Waals surface area contributed by atoms with Gasteiger partial charge in [-0.05, 0) is 37.8 Å². The summed E-state index contributed by atoms with van der Waals surface area (Å²) < 4.78 is 0. The molecule has 2 N–H and O–H groups in total. The van der Waals surface area contributed by atoms with Crippen molar-refractivity contribution in [2.75, 3.05) is 4.90 Å². The van der Waals surface area contributed by atoms with Gasteiger partial charge in [-0.3, -0.25) is 14.6 Å². The summed E-state index contributed by atoms with van der Waals surface area (Å²) in [6, 6.07) is 13.6. The van der Waals surface area contributed by atoms with Crippen LogP contribution in [0.4, 0.5) is 5.69 Å². The molecule has 0 radical (unpaired) electrons. The summed E-state index contributed by atoms with van der Waals surface area (Å²) in [5, 5.41) is 0. The number of anilines is 1. The summed E-state index contributed by atoms with van der Waals surface area (Å²) in [6.45, 7) is 3.87. The second-order valence-corrected chi connectivity index (χ2v) is 8.40.